The second kappa shape index (κ2) is 7.48. The number of anilines is 1. The van der Waals surface area contributed by atoms with E-state index in [9.17, 15) is 14.7 Å². The molecule has 4 atom stereocenters. The molecule has 4 rings (SSSR count). The van der Waals surface area contributed by atoms with Crippen molar-refractivity contribution in [3.05, 3.63) is 23.8 Å². The molecule has 1 saturated heterocycles. The first-order valence-electron chi connectivity index (χ1n) is 9.53. The average molecular weight is 375 g/mol. The Bertz CT molecular complexity index is 731. The predicted octanol–water partition coefficient (Wildman–Crippen LogP) is 1.98. The van der Waals surface area contributed by atoms with Crippen LogP contribution in [0.1, 0.15) is 43.6 Å². The summed E-state index contributed by atoms with van der Waals surface area (Å²) >= 11 is 0. The van der Waals surface area contributed by atoms with Crippen LogP contribution in [-0.4, -0.2) is 49.0 Å². The molecule has 1 aromatic rings. The van der Waals surface area contributed by atoms with E-state index in [-0.39, 0.29) is 48.9 Å². The lowest BCUT2D eigenvalue weighted by Crippen LogP contribution is -2.46. The topological polar surface area (TPSA) is 94.1 Å². The van der Waals surface area contributed by atoms with Gasteiger partial charge in [-0.3, -0.25) is 9.59 Å². The minimum atomic E-state index is -0.501. The van der Waals surface area contributed by atoms with Crippen molar-refractivity contribution >= 4 is 17.6 Å². The van der Waals surface area contributed by atoms with Crippen molar-refractivity contribution in [3.63, 3.8) is 0 Å². The Balaban J connectivity index is 1.52. The SMILES string of the molecule is COC(=O)C[C@H]1C[C@H]2c3cc(NC(=O)C4CCC4)ccc3O[C@H]2[C@H](CO)O1. The fourth-order valence-corrected chi connectivity index (χ4v) is 4.15. The number of nitrogens with one attached hydrogen (secondary N) is 1. The second-order valence-corrected chi connectivity index (χ2v) is 7.55. The summed E-state index contributed by atoms with van der Waals surface area (Å²) < 4.78 is 16.6. The number of aliphatic hydroxyl groups excluding tert-OH is 1. The summed E-state index contributed by atoms with van der Waals surface area (Å²) in [5, 5.41) is 12.7. The first kappa shape index (κ1) is 18.3. The van der Waals surface area contributed by atoms with Gasteiger partial charge in [0.25, 0.3) is 0 Å². The highest BCUT2D eigenvalue weighted by Gasteiger charge is 2.46. The van der Waals surface area contributed by atoms with E-state index in [0.717, 1.165) is 36.3 Å². The molecule has 0 aromatic heterocycles. The van der Waals surface area contributed by atoms with Gasteiger partial charge >= 0.3 is 5.97 Å². The molecule has 2 heterocycles. The van der Waals surface area contributed by atoms with Crippen molar-refractivity contribution < 1.29 is 28.9 Å². The monoisotopic (exact) mass is 375 g/mol. The first-order valence-corrected chi connectivity index (χ1v) is 9.53. The number of rotatable bonds is 5. The molecular weight excluding hydrogens is 350 g/mol. The lowest BCUT2D eigenvalue weighted by Gasteiger charge is -2.36. The molecule has 2 fully saturated rings. The van der Waals surface area contributed by atoms with Gasteiger partial charge in [0.1, 0.15) is 18.0 Å². The molecule has 1 saturated carbocycles. The Kier molecular flexibility index (Phi) is 5.06. The van der Waals surface area contributed by atoms with Gasteiger partial charge in [-0.2, -0.15) is 0 Å². The van der Waals surface area contributed by atoms with Gasteiger partial charge in [-0.05, 0) is 37.5 Å². The summed E-state index contributed by atoms with van der Waals surface area (Å²) in [7, 11) is 1.35. The van der Waals surface area contributed by atoms with Gasteiger partial charge in [0.05, 0.1) is 26.2 Å². The van der Waals surface area contributed by atoms with Gasteiger partial charge in [-0.25, -0.2) is 0 Å². The highest BCUT2D eigenvalue weighted by molar-refractivity contribution is 5.93. The van der Waals surface area contributed by atoms with Crippen LogP contribution in [0.3, 0.4) is 0 Å². The number of fused-ring (bicyclic) bond motifs is 3. The van der Waals surface area contributed by atoms with Crippen molar-refractivity contribution in [2.45, 2.75) is 56.3 Å². The van der Waals surface area contributed by atoms with Gasteiger partial charge in [0.15, 0.2) is 0 Å². The lowest BCUT2D eigenvalue weighted by atomic mass is 9.83. The quantitative estimate of drug-likeness (QED) is 0.765. The smallest absolute Gasteiger partial charge is 0.308 e. The van der Waals surface area contributed by atoms with E-state index in [4.69, 9.17) is 14.2 Å². The molecule has 27 heavy (non-hydrogen) atoms. The highest BCUT2D eigenvalue weighted by Crippen LogP contribution is 2.47. The van der Waals surface area contributed by atoms with Crippen LogP contribution in [0.4, 0.5) is 5.69 Å². The summed E-state index contributed by atoms with van der Waals surface area (Å²) in [5.41, 5.74) is 1.74. The zero-order valence-corrected chi connectivity index (χ0v) is 15.3. The number of esters is 1. The van der Waals surface area contributed by atoms with E-state index in [1.807, 2.05) is 18.2 Å². The number of aliphatic hydroxyl groups is 1. The molecule has 146 valence electrons. The van der Waals surface area contributed by atoms with Gasteiger partial charge in [-0.15, -0.1) is 0 Å². The molecule has 0 bridgehead atoms. The molecule has 1 aromatic carbocycles. The number of carbonyl (C=O) groups excluding carboxylic acids is 2. The molecular formula is C20H25NO6. The number of amides is 1. The maximum absolute atomic E-state index is 12.2. The molecule has 7 nitrogen and oxygen atoms in total. The van der Waals surface area contributed by atoms with Gasteiger partial charge < -0.3 is 24.6 Å². The normalized spacial score (nSPS) is 29.1. The fraction of sp³-hybridized carbons (Fsp3) is 0.600. The molecule has 1 amide bonds. The average Bonchev–Trinajstić information content (AvgIpc) is 2.97. The third kappa shape index (κ3) is 3.53. The summed E-state index contributed by atoms with van der Waals surface area (Å²) in [4.78, 5) is 23.9. The molecule has 7 heteroatoms. The Hall–Kier alpha value is -2.12. The van der Waals surface area contributed by atoms with E-state index >= 15 is 0 Å². The zero-order chi connectivity index (χ0) is 19.0. The maximum atomic E-state index is 12.2. The number of carbonyl (C=O) groups is 2. The Morgan fingerprint density at radius 1 is 1.33 bits per heavy atom. The van der Waals surface area contributed by atoms with E-state index in [0.29, 0.717) is 6.42 Å². The summed E-state index contributed by atoms with van der Waals surface area (Å²) in [6, 6.07) is 5.65. The van der Waals surface area contributed by atoms with Crippen LogP contribution in [-0.2, 0) is 19.1 Å². The van der Waals surface area contributed by atoms with E-state index in [1.165, 1.54) is 7.11 Å². The number of methoxy groups -OCH3 is 1. The number of hydrogen-bond acceptors (Lipinski definition) is 6. The summed E-state index contributed by atoms with van der Waals surface area (Å²) in [6.45, 7) is -0.182. The maximum Gasteiger partial charge on any atom is 0.308 e. The minimum Gasteiger partial charge on any atom is -0.487 e. The summed E-state index contributed by atoms with van der Waals surface area (Å²) in [5.74, 6) is 0.596. The molecule has 0 unspecified atom stereocenters. The third-order valence-electron chi connectivity index (χ3n) is 5.86. The van der Waals surface area contributed by atoms with Crippen LogP contribution in [0.25, 0.3) is 0 Å². The molecule has 0 spiro atoms. The Morgan fingerprint density at radius 3 is 2.81 bits per heavy atom. The number of hydrogen-bond donors (Lipinski definition) is 2. The van der Waals surface area contributed by atoms with Gasteiger partial charge in [0, 0.05) is 23.1 Å². The van der Waals surface area contributed by atoms with E-state index in [2.05, 4.69) is 5.32 Å². The number of benzene rings is 1. The van der Waals surface area contributed by atoms with Crippen LogP contribution in [0.15, 0.2) is 18.2 Å². The van der Waals surface area contributed by atoms with Crippen LogP contribution < -0.4 is 10.1 Å². The largest absolute Gasteiger partial charge is 0.487 e. The van der Waals surface area contributed by atoms with Crippen molar-refractivity contribution in [1.82, 2.24) is 0 Å². The second-order valence-electron chi connectivity index (χ2n) is 7.55. The van der Waals surface area contributed by atoms with Crippen molar-refractivity contribution in [2.24, 2.45) is 5.92 Å². The molecule has 3 aliphatic rings. The van der Waals surface area contributed by atoms with Crippen molar-refractivity contribution in [2.75, 3.05) is 19.0 Å². The van der Waals surface area contributed by atoms with E-state index in [1.54, 1.807) is 0 Å². The standard InChI is InChI=1S/C20H25NO6/c1-25-18(23)9-13-8-15-14-7-12(21-20(24)11-3-2-4-11)5-6-16(14)27-19(15)17(10-22)26-13/h5-7,11,13,15,17,19,22H,2-4,8-10H2,1H3,(H,21,24)/t13-,15+,17+,19-/m1/s1. The molecule has 0 radical (unpaired) electrons. The number of ether oxygens (including phenoxy) is 3. The van der Waals surface area contributed by atoms with E-state index < -0.39 is 6.10 Å². The van der Waals surface area contributed by atoms with Crippen LogP contribution >= 0.6 is 0 Å². The first-order chi connectivity index (χ1) is 13.1. The molecule has 2 aliphatic heterocycles. The summed E-state index contributed by atoms with van der Waals surface area (Å²) in [6.07, 6.45) is 2.63. The lowest BCUT2D eigenvalue weighted by molar-refractivity contribution is -0.156. The fourth-order valence-electron chi connectivity index (χ4n) is 4.15. The Labute approximate surface area is 158 Å². The zero-order valence-electron chi connectivity index (χ0n) is 15.3. The van der Waals surface area contributed by atoms with Crippen molar-refractivity contribution in [1.29, 1.82) is 0 Å². The highest BCUT2D eigenvalue weighted by atomic mass is 16.6. The van der Waals surface area contributed by atoms with Crippen LogP contribution in [0.5, 0.6) is 5.75 Å². The van der Waals surface area contributed by atoms with Gasteiger partial charge in [0.2, 0.25) is 5.91 Å². The van der Waals surface area contributed by atoms with Crippen LogP contribution in [0, 0.1) is 5.92 Å². The third-order valence-corrected chi connectivity index (χ3v) is 5.86. The van der Waals surface area contributed by atoms with Crippen molar-refractivity contribution in [3.8, 4) is 5.75 Å². The Morgan fingerprint density at radius 2 is 2.15 bits per heavy atom. The predicted molar refractivity (Wildman–Crippen MR) is 96.6 cm³/mol. The van der Waals surface area contributed by atoms with Gasteiger partial charge in [-0.1, -0.05) is 6.42 Å². The molecule has 2 N–H and O–H groups in total. The minimum absolute atomic E-state index is 0.00103. The van der Waals surface area contributed by atoms with Crippen LogP contribution in [0.2, 0.25) is 0 Å². The molecule has 1 aliphatic carbocycles.